The first-order valence-corrected chi connectivity index (χ1v) is 9.73. The molecule has 3 N–H and O–H groups in total. The Balaban J connectivity index is 1.99. The van der Waals surface area contributed by atoms with Crippen LogP contribution in [-0.2, 0) is 0 Å². The van der Waals surface area contributed by atoms with Crippen LogP contribution in [0.25, 0.3) is 11.3 Å². The number of nitrogens with one attached hydrogen (secondary N) is 2. The predicted octanol–water partition coefficient (Wildman–Crippen LogP) is 5.89. The van der Waals surface area contributed by atoms with Crippen LogP contribution in [0.1, 0.15) is 6.92 Å². The molecule has 3 aromatic rings. The van der Waals surface area contributed by atoms with Crippen LogP contribution < -0.4 is 15.4 Å². The molecule has 6 nitrogen and oxygen atoms in total. The topological polar surface area (TPSA) is 79.3 Å². The monoisotopic (exact) mass is 472 g/mol. The molecule has 0 amide bonds. The first-order chi connectivity index (χ1) is 14.6. The molecule has 11 heteroatoms. The normalized spacial score (nSPS) is 12.4. The summed E-state index contributed by atoms with van der Waals surface area (Å²) < 4.78 is 41.7. The van der Waals surface area contributed by atoms with Crippen molar-refractivity contribution in [2.24, 2.45) is 0 Å². The molecule has 1 atom stereocenters. The van der Waals surface area contributed by atoms with Crippen molar-refractivity contribution in [3.8, 4) is 17.0 Å². The van der Waals surface area contributed by atoms with Crippen LogP contribution in [0, 0.1) is 0 Å². The summed E-state index contributed by atoms with van der Waals surface area (Å²) in [7, 11) is 0. The fourth-order valence-corrected chi connectivity index (χ4v) is 2.86. The molecule has 0 saturated heterocycles. The lowest BCUT2D eigenvalue weighted by molar-refractivity contribution is -0.274. The molecular formula is C20H17Cl2F3N4O2. The zero-order valence-electron chi connectivity index (χ0n) is 16.0. The summed E-state index contributed by atoms with van der Waals surface area (Å²) in [6.07, 6.45) is -4.81. The second-order valence-corrected chi connectivity index (χ2v) is 7.33. The zero-order chi connectivity index (χ0) is 22.6. The molecule has 2 aromatic carbocycles. The van der Waals surface area contributed by atoms with E-state index >= 15 is 0 Å². The van der Waals surface area contributed by atoms with Crippen molar-refractivity contribution in [3.63, 3.8) is 0 Å². The fraction of sp³-hybridized carbons (Fsp3) is 0.200. The standard InChI is InChI=1S/C20H17Cl2F3N4O2/c1-11(10-30)26-19-28-17(12-3-2-4-14(7-12)31-20(23,24)25)9-18(29-19)27-13-5-6-15(21)16(22)8-13/h2-9,11,30H,10H2,1H3,(H2,26,27,28,29)/t11-/m0/s1. The fourth-order valence-electron chi connectivity index (χ4n) is 2.56. The minimum absolute atomic E-state index is 0.169. The molecule has 164 valence electrons. The van der Waals surface area contributed by atoms with Crippen molar-refractivity contribution in [2.45, 2.75) is 19.3 Å². The molecule has 0 aliphatic carbocycles. The Morgan fingerprint density at radius 1 is 1.06 bits per heavy atom. The number of aliphatic hydroxyl groups is 1. The van der Waals surface area contributed by atoms with E-state index in [1.165, 1.54) is 18.2 Å². The molecule has 0 saturated carbocycles. The molecule has 3 rings (SSSR count). The lowest BCUT2D eigenvalue weighted by Crippen LogP contribution is -2.21. The van der Waals surface area contributed by atoms with Crippen molar-refractivity contribution < 1.29 is 23.0 Å². The van der Waals surface area contributed by atoms with Crippen LogP contribution in [0.2, 0.25) is 10.0 Å². The van der Waals surface area contributed by atoms with Crippen LogP contribution in [-0.4, -0.2) is 34.1 Å². The Morgan fingerprint density at radius 2 is 1.84 bits per heavy atom. The largest absolute Gasteiger partial charge is 0.573 e. The number of halogens is 5. The summed E-state index contributed by atoms with van der Waals surface area (Å²) >= 11 is 12.0. The van der Waals surface area contributed by atoms with Gasteiger partial charge < -0.3 is 20.5 Å². The van der Waals surface area contributed by atoms with Crippen LogP contribution in [0.5, 0.6) is 5.75 Å². The summed E-state index contributed by atoms with van der Waals surface area (Å²) in [5.41, 5.74) is 1.30. The molecule has 0 fully saturated rings. The average Bonchev–Trinajstić information content (AvgIpc) is 2.69. The van der Waals surface area contributed by atoms with Gasteiger partial charge in [0.1, 0.15) is 11.6 Å². The van der Waals surface area contributed by atoms with Gasteiger partial charge in [0, 0.05) is 23.4 Å². The molecular weight excluding hydrogens is 456 g/mol. The first-order valence-electron chi connectivity index (χ1n) is 8.97. The maximum absolute atomic E-state index is 12.6. The number of aromatic nitrogens is 2. The molecule has 0 bridgehead atoms. The van der Waals surface area contributed by atoms with Crippen LogP contribution in [0.4, 0.5) is 30.6 Å². The van der Waals surface area contributed by atoms with Gasteiger partial charge in [-0.15, -0.1) is 13.2 Å². The van der Waals surface area contributed by atoms with Crippen molar-refractivity contribution in [2.75, 3.05) is 17.2 Å². The van der Waals surface area contributed by atoms with E-state index in [4.69, 9.17) is 23.2 Å². The molecule has 0 unspecified atom stereocenters. The molecule has 31 heavy (non-hydrogen) atoms. The van der Waals surface area contributed by atoms with E-state index in [9.17, 15) is 18.3 Å². The Hall–Kier alpha value is -2.75. The van der Waals surface area contributed by atoms with E-state index in [0.717, 1.165) is 0 Å². The van der Waals surface area contributed by atoms with E-state index in [1.807, 2.05) is 0 Å². The molecule has 0 aliphatic heterocycles. The minimum atomic E-state index is -4.81. The Kier molecular flexibility index (Phi) is 7.09. The molecule has 0 radical (unpaired) electrons. The number of nitrogens with zero attached hydrogens (tertiary/aromatic N) is 2. The molecule has 1 aromatic heterocycles. The Bertz CT molecular complexity index is 1070. The zero-order valence-corrected chi connectivity index (χ0v) is 17.6. The highest BCUT2D eigenvalue weighted by atomic mass is 35.5. The lowest BCUT2D eigenvalue weighted by atomic mass is 10.1. The van der Waals surface area contributed by atoms with Gasteiger partial charge in [0.2, 0.25) is 5.95 Å². The van der Waals surface area contributed by atoms with E-state index in [0.29, 0.717) is 32.8 Å². The number of anilines is 3. The van der Waals surface area contributed by atoms with Gasteiger partial charge in [0.05, 0.1) is 22.3 Å². The number of alkyl halides is 3. The second kappa shape index (κ2) is 9.59. The van der Waals surface area contributed by atoms with Gasteiger partial charge in [-0.1, -0.05) is 35.3 Å². The van der Waals surface area contributed by atoms with Gasteiger partial charge in [-0.3, -0.25) is 0 Å². The quantitative estimate of drug-likeness (QED) is 0.398. The second-order valence-electron chi connectivity index (χ2n) is 6.52. The van der Waals surface area contributed by atoms with Gasteiger partial charge >= 0.3 is 6.36 Å². The highest BCUT2D eigenvalue weighted by Gasteiger charge is 2.31. The molecule has 1 heterocycles. The summed E-state index contributed by atoms with van der Waals surface area (Å²) in [6, 6.07) is 11.5. The highest BCUT2D eigenvalue weighted by Crippen LogP contribution is 2.30. The van der Waals surface area contributed by atoms with Gasteiger partial charge in [0.15, 0.2) is 0 Å². The average molecular weight is 473 g/mol. The lowest BCUT2D eigenvalue weighted by Gasteiger charge is -2.15. The van der Waals surface area contributed by atoms with E-state index in [1.54, 1.807) is 37.3 Å². The molecule has 0 spiro atoms. The number of hydrogen-bond acceptors (Lipinski definition) is 6. The highest BCUT2D eigenvalue weighted by molar-refractivity contribution is 6.42. The molecule has 0 aliphatic rings. The summed E-state index contributed by atoms with van der Waals surface area (Å²) in [4.78, 5) is 8.69. The van der Waals surface area contributed by atoms with Crippen LogP contribution in [0.3, 0.4) is 0 Å². The maximum Gasteiger partial charge on any atom is 0.573 e. The van der Waals surface area contributed by atoms with Gasteiger partial charge in [-0.25, -0.2) is 4.98 Å². The number of aliphatic hydroxyl groups excluding tert-OH is 1. The number of rotatable bonds is 7. The predicted molar refractivity (Wildman–Crippen MR) is 114 cm³/mol. The van der Waals surface area contributed by atoms with Crippen molar-refractivity contribution in [3.05, 3.63) is 58.6 Å². The first kappa shape index (κ1) is 22.9. The van der Waals surface area contributed by atoms with Crippen LogP contribution in [0.15, 0.2) is 48.5 Å². The van der Waals surface area contributed by atoms with E-state index < -0.39 is 6.36 Å². The van der Waals surface area contributed by atoms with E-state index in [-0.39, 0.29) is 24.3 Å². The Morgan fingerprint density at radius 3 is 2.52 bits per heavy atom. The Labute approximate surface area is 186 Å². The smallest absolute Gasteiger partial charge is 0.406 e. The number of benzene rings is 2. The third kappa shape index (κ3) is 6.61. The van der Waals surface area contributed by atoms with Gasteiger partial charge in [0.25, 0.3) is 0 Å². The number of hydrogen-bond donors (Lipinski definition) is 3. The van der Waals surface area contributed by atoms with E-state index in [2.05, 4.69) is 25.3 Å². The van der Waals surface area contributed by atoms with Gasteiger partial charge in [-0.2, -0.15) is 4.98 Å². The van der Waals surface area contributed by atoms with Gasteiger partial charge in [-0.05, 0) is 37.3 Å². The summed E-state index contributed by atoms with van der Waals surface area (Å²) in [5.74, 6) is 0.141. The third-order valence-electron chi connectivity index (χ3n) is 3.93. The SMILES string of the molecule is C[C@@H](CO)Nc1nc(Nc2ccc(Cl)c(Cl)c2)cc(-c2cccc(OC(F)(F)F)c2)n1. The van der Waals surface area contributed by atoms with Crippen LogP contribution >= 0.6 is 23.2 Å². The van der Waals surface area contributed by atoms with Crippen molar-refractivity contribution >= 4 is 40.7 Å². The summed E-state index contributed by atoms with van der Waals surface area (Å²) in [6.45, 7) is 1.55. The summed E-state index contributed by atoms with van der Waals surface area (Å²) in [5, 5.41) is 16.0. The minimum Gasteiger partial charge on any atom is -0.406 e. The number of ether oxygens (including phenoxy) is 1. The maximum atomic E-state index is 12.6. The third-order valence-corrected chi connectivity index (χ3v) is 4.67. The van der Waals surface area contributed by atoms with Crippen molar-refractivity contribution in [1.82, 2.24) is 9.97 Å². The van der Waals surface area contributed by atoms with Crippen molar-refractivity contribution in [1.29, 1.82) is 0 Å².